The molecule has 0 spiro atoms. The minimum Gasteiger partial charge on any atom is -0.347 e. The Hall–Kier alpha value is -3.82. The van der Waals surface area contributed by atoms with Gasteiger partial charge in [0.25, 0.3) is 5.91 Å². The summed E-state index contributed by atoms with van der Waals surface area (Å²) in [4.78, 5) is 28.1. The van der Waals surface area contributed by atoms with Crippen LogP contribution < -0.4 is 10.2 Å². The van der Waals surface area contributed by atoms with Crippen molar-refractivity contribution >= 4 is 29.3 Å². The topological polar surface area (TPSA) is 73.2 Å². The molecule has 0 bridgehead atoms. The summed E-state index contributed by atoms with van der Waals surface area (Å²) in [6, 6.07) is 27.1. The van der Waals surface area contributed by atoms with Crippen LogP contribution in [0, 0.1) is 25.2 Å². The molecule has 0 saturated carbocycles. The predicted molar refractivity (Wildman–Crippen MR) is 136 cm³/mol. The minimum atomic E-state index is -0.491. The third kappa shape index (κ3) is 5.22. The molecule has 1 unspecified atom stereocenters. The van der Waals surface area contributed by atoms with Crippen LogP contribution in [-0.2, 0) is 22.6 Å². The molecule has 1 aliphatic heterocycles. The maximum atomic E-state index is 13.5. The number of nitriles is 1. The lowest BCUT2D eigenvalue weighted by molar-refractivity contribution is -0.117. The SMILES string of the molecule is Cc1ccc(N2C(=O)C(Cc3cccc(C)c3)SC2=C(C#N)C(=O)NCc2ccccc2)cc1. The summed E-state index contributed by atoms with van der Waals surface area (Å²) in [5.74, 6) is -0.621. The van der Waals surface area contributed by atoms with Crippen LogP contribution >= 0.6 is 11.8 Å². The summed E-state index contributed by atoms with van der Waals surface area (Å²) < 4.78 is 0. The van der Waals surface area contributed by atoms with E-state index >= 15 is 0 Å². The van der Waals surface area contributed by atoms with Gasteiger partial charge in [-0.15, -0.1) is 0 Å². The van der Waals surface area contributed by atoms with E-state index in [-0.39, 0.29) is 11.5 Å². The molecule has 1 N–H and O–H groups in total. The van der Waals surface area contributed by atoms with Gasteiger partial charge < -0.3 is 5.32 Å². The van der Waals surface area contributed by atoms with Crippen molar-refractivity contribution in [1.82, 2.24) is 5.32 Å². The van der Waals surface area contributed by atoms with E-state index in [4.69, 9.17) is 0 Å². The van der Waals surface area contributed by atoms with Crippen molar-refractivity contribution < 1.29 is 9.59 Å². The normalized spacial score (nSPS) is 16.8. The zero-order valence-electron chi connectivity index (χ0n) is 19.1. The van der Waals surface area contributed by atoms with Gasteiger partial charge in [-0.05, 0) is 43.5 Å². The summed E-state index contributed by atoms with van der Waals surface area (Å²) >= 11 is 1.28. The lowest BCUT2D eigenvalue weighted by Crippen LogP contribution is -2.32. The van der Waals surface area contributed by atoms with Crippen molar-refractivity contribution in [3.63, 3.8) is 0 Å². The van der Waals surface area contributed by atoms with Crippen molar-refractivity contribution in [2.45, 2.75) is 32.1 Å². The van der Waals surface area contributed by atoms with E-state index < -0.39 is 11.2 Å². The summed E-state index contributed by atoms with van der Waals surface area (Å²) in [5.41, 5.74) is 4.75. The van der Waals surface area contributed by atoms with Gasteiger partial charge in [0.05, 0.1) is 5.25 Å². The summed E-state index contributed by atoms with van der Waals surface area (Å²) in [7, 11) is 0. The van der Waals surface area contributed by atoms with Crippen molar-refractivity contribution in [2.24, 2.45) is 0 Å². The molecule has 1 atom stereocenters. The van der Waals surface area contributed by atoms with Gasteiger partial charge in [-0.2, -0.15) is 5.26 Å². The molecule has 0 radical (unpaired) electrons. The fourth-order valence-corrected chi connectivity index (χ4v) is 5.14. The number of carbonyl (C=O) groups is 2. The van der Waals surface area contributed by atoms with Gasteiger partial charge >= 0.3 is 0 Å². The molecule has 1 saturated heterocycles. The number of amides is 2. The number of carbonyl (C=O) groups excluding carboxylic acids is 2. The van der Waals surface area contributed by atoms with Gasteiger partial charge in [0, 0.05) is 12.2 Å². The Balaban J connectivity index is 1.67. The number of thioether (sulfide) groups is 1. The lowest BCUT2D eigenvalue weighted by Gasteiger charge is -2.19. The molecule has 5 nitrogen and oxygen atoms in total. The van der Waals surface area contributed by atoms with Crippen LogP contribution in [0.5, 0.6) is 0 Å². The number of hydrogen-bond acceptors (Lipinski definition) is 4. The Labute approximate surface area is 204 Å². The highest BCUT2D eigenvalue weighted by molar-refractivity contribution is 8.05. The molecule has 3 aromatic carbocycles. The fourth-order valence-electron chi connectivity index (χ4n) is 3.84. The van der Waals surface area contributed by atoms with Gasteiger partial charge in [0.1, 0.15) is 16.7 Å². The predicted octanol–water partition coefficient (Wildman–Crippen LogP) is 5.05. The van der Waals surface area contributed by atoms with Crippen LogP contribution in [0.4, 0.5) is 5.69 Å². The van der Waals surface area contributed by atoms with E-state index in [0.717, 1.165) is 22.3 Å². The first-order chi connectivity index (χ1) is 16.5. The smallest absolute Gasteiger partial charge is 0.264 e. The molecule has 0 aromatic heterocycles. The number of rotatable bonds is 6. The van der Waals surface area contributed by atoms with E-state index in [1.165, 1.54) is 16.7 Å². The molecular formula is C28H25N3O2S. The Morgan fingerprint density at radius 3 is 2.35 bits per heavy atom. The van der Waals surface area contributed by atoms with E-state index in [9.17, 15) is 14.9 Å². The maximum Gasteiger partial charge on any atom is 0.264 e. The average Bonchev–Trinajstić information content (AvgIpc) is 3.15. The summed E-state index contributed by atoms with van der Waals surface area (Å²) in [6.07, 6.45) is 0.515. The highest BCUT2D eigenvalue weighted by atomic mass is 32.2. The van der Waals surface area contributed by atoms with Crippen molar-refractivity contribution in [3.8, 4) is 6.07 Å². The van der Waals surface area contributed by atoms with E-state index in [1.807, 2.05) is 86.6 Å². The molecule has 0 aliphatic carbocycles. The third-order valence-electron chi connectivity index (χ3n) is 5.60. The van der Waals surface area contributed by atoms with Crippen molar-refractivity contribution in [3.05, 3.63) is 112 Å². The highest BCUT2D eigenvalue weighted by Crippen LogP contribution is 2.42. The first-order valence-electron chi connectivity index (χ1n) is 11.1. The second-order valence-corrected chi connectivity index (χ2v) is 9.46. The van der Waals surface area contributed by atoms with E-state index in [0.29, 0.717) is 23.7 Å². The monoisotopic (exact) mass is 467 g/mol. The van der Waals surface area contributed by atoms with Crippen molar-refractivity contribution in [1.29, 1.82) is 5.26 Å². The lowest BCUT2D eigenvalue weighted by atomic mass is 10.1. The van der Waals surface area contributed by atoms with Crippen molar-refractivity contribution in [2.75, 3.05) is 4.90 Å². The quantitative estimate of drug-likeness (QED) is 0.407. The molecule has 4 rings (SSSR count). The number of anilines is 1. The van der Waals surface area contributed by atoms with Gasteiger partial charge in [-0.3, -0.25) is 14.5 Å². The zero-order chi connectivity index (χ0) is 24.1. The standard InChI is InChI=1S/C28H25N3O2S/c1-19-11-13-23(14-12-19)31-27(33)25(16-22-10-6-7-20(2)15-22)34-28(31)24(17-29)26(32)30-18-21-8-4-3-5-9-21/h3-15,25H,16,18H2,1-2H3,(H,30,32). The molecule has 1 aliphatic rings. The molecule has 170 valence electrons. The zero-order valence-corrected chi connectivity index (χ0v) is 19.9. The second-order valence-electron chi connectivity index (χ2n) is 8.27. The van der Waals surface area contributed by atoms with Crippen LogP contribution in [0.15, 0.2) is 89.5 Å². The largest absolute Gasteiger partial charge is 0.347 e. The fraction of sp³-hybridized carbons (Fsp3) is 0.179. The number of aryl methyl sites for hydroxylation is 2. The summed E-state index contributed by atoms with van der Waals surface area (Å²) in [6.45, 7) is 4.29. The molecule has 1 heterocycles. The Morgan fingerprint density at radius 2 is 1.68 bits per heavy atom. The van der Waals surface area contributed by atoms with Gasteiger partial charge in [-0.1, -0.05) is 89.6 Å². The van der Waals surface area contributed by atoms with Gasteiger partial charge in [-0.25, -0.2) is 0 Å². The Morgan fingerprint density at radius 1 is 0.971 bits per heavy atom. The van der Waals surface area contributed by atoms with E-state index in [2.05, 4.69) is 17.5 Å². The van der Waals surface area contributed by atoms with Crippen LogP contribution in [0.25, 0.3) is 0 Å². The molecule has 34 heavy (non-hydrogen) atoms. The van der Waals surface area contributed by atoms with E-state index in [1.54, 1.807) is 0 Å². The highest BCUT2D eigenvalue weighted by Gasteiger charge is 2.40. The maximum absolute atomic E-state index is 13.5. The molecule has 2 amide bonds. The second kappa shape index (κ2) is 10.4. The number of nitrogens with zero attached hydrogens (tertiary/aromatic N) is 2. The average molecular weight is 468 g/mol. The molecule has 3 aromatic rings. The third-order valence-corrected chi connectivity index (χ3v) is 6.86. The number of hydrogen-bond donors (Lipinski definition) is 1. The van der Waals surface area contributed by atoms with Gasteiger partial charge in [0.15, 0.2) is 0 Å². The Kier molecular flexibility index (Phi) is 7.15. The molecule has 6 heteroatoms. The van der Waals surface area contributed by atoms with Crippen LogP contribution in [0.2, 0.25) is 0 Å². The van der Waals surface area contributed by atoms with Gasteiger partial charge in [0.2, 0.25) is 5.91 Å². The first kappa shape index (κ1) is 23.3. The number of benzene rings is 3. The Bertz CT molecular complexity index is 1280. The minimum absolute atomic E-state index is 0.0541. The van der Waals surface area contributed by atoms with Crippen LogP contribution in [0.3, 0.4) is 0 Å². The van der Waals surface area contributed by atoms with Crippen LogP contribution in [-0.4, -0.2) is 17.1 Å². The number of nitrogens with one attached hydrogen (secondary N) is 1. The molecular weight excluding hydrogens is 442 g/mol. The molecule has 1 fully saturated rings. The summed E-state index contributed by atoms with van der Waals surface area (Å²) in [5, 5.41) is 12.7. The first-order valence-corrected chi connectivity index (χ1v) is 11.9. The van der Waals surface area contributed by atoms with Crippen LogP contribution in [0.1, 0.15) is 22.3 Å².